The third-order valence-corrected chi connectivity index (χ3v) is 4.74. The summed E-state index contributed by atoms with van der Waals surface area (Å²) in [6.45, 7) is 2.61. The number of rotatable bonds is 4. The fourth-order valence-corrected chi connectivity index (χ4v) is 3.20. The number of benzene rings is 1. The lowest BCUT2D eigenvalue weighted by Crippen LogP contribution is -2.48. The second-order valence-electron chi connectivity index (χ2n) is 6.47. The number of nitrogens with two attached hydrogens (primary N) is 1. The summed E-state index contributed by atoms with van der Waals surface area (Å²) >= 11 is 0. The Labute approximate surface area is 161 Å². The summed E-state index contributed by atoms with van der Waals surface area (Å²) in [7, 11) is 0. The first-order chi connectivity index (χ1) is 13.6. The Kier molecular flexibility index (Phi) is 4.71. The van der Waals surface area contributed by atoms with Gasteiger partial charge in [-0.15, -0.1) is 5.10 Å². The summed E-state index contributed by atoms with van der Waals surface area (Å²) in [4.78, 5) is 32.2. The number of hydrogen-bond donors (Lipinski definition) is 1. The minimum atomic E-state index is -0.441. The van der Waals surface area contributed by atoms with Crippen LogP contribution in [0.1, 0.15) is 20.7 Å². The smallest absolute Gasteiger partial charge is 0.255 e. The number of anilines is 1. The Morgan fingerprint density at radius 3 is 2.32 bits per heavy atom. The minimum Gasteiger partial charge on any atom is -0.368 e. The molecular formula is C19H19N7O2. The Morgan fingerprint density at radius 2 is 1.68 bits per heavy atom. The van der Waals surface area contributed by atoms with Crippen molar-refractivity contribution in [2.75, 3.05) is 31.1 Å². The van der Waals surface area contributed by atoms with Gasteiger partial charge >= 0.3 is 0 Å². The van der Waals surface area contributed by atoms with E-state index >= 15 is 0 Å². The monoisotopic (exact) mass is 377 g/mol. The summed E-state index contributed by atoms with van der Waals surface area (Å²) in [5, 5.41) is 7.70. The normalized spacial score (nSPS) is 14.1. The number of aromatic nitrogens is 4. The highest BCUT2D eigenvalue weighted by Crippen LogP contribution is 2.18. The summed E-state index contributed by atoms with van der Waals surface area (Å²) in [5.41, 5.74) is 7.98. The van der Waals surface area contributed by atoms with Crippen LogP contribution < -0.4 is 10.6 Å². The van der Waals surface area contributed by atoms with Gasteiger partial charge in [0.25, 0.3) is 5.91 Å². The lowest BCUT2D eigenvalue weighted by atomic mass is 10.1. The van der Waals surface area contributed by atoms with E-state index < -0.39 is 5.91 Å². The Bertz CT molecular complexity index is 978. The molecule has 1 fully saturated rings. The fourth-order valence-electron chi connectivity index (χ4n) is 3.20. The first-order valence-electron chi connectivity index (χ1n) is 8.87. The van der Waals surface area contributed by atoms with E-state index in [2.05, 4.69) is 20.2 Å². The number of carbonyl (C=O) groups is 2. The SMILES string of the molecule is NC(=O)c1ccc(N2CCN(C(=O)c3cncc(-n4ccnn4)c3)CC2)cc1. The third-order valence-electron chi connectivity index (χ3n) is 4.74. The molecule has 1 aromatic carbocycles. The van der Waals surface area contributed by atoms with Crippen LogP contribution in [0, 0.1) is 0 Å². The van der Waals surface area contributed by atoms with Gasteiger partial charge < -0.3 is 15.5 Å². The van der Waals surface area contributed by atoms with Gasteiger partial charge in [0, 0.05) is 43.6 Å². The van der Waals surface area contributed by atoms with Gasteiger partial charge in [0.05, 0.1) is 29.8 Å². The second-order valence-corrected chi connectivity index (χ2v) is 6.47. The molecule has 9 heteroatoms. The molecule has 0 saturated carbocycles. The van der Waals surface area contributed by atoms with Crippen LogP contribution in [0.5, 0.6) is 0 Å². The largest absolute Gasteiger partial charge is 0.368 e. The molecular weight excluding hydrogens is 358 g/mol. The van der Waals surface area contributed by atoms with Crippen LogP contribution in [-0.4, -0.2) is 62.9 Å². The van der Waals surface area contributed by atoms with Gasteiger partial charge in [-0.1, -0.05) is 5.21 Å². The zero-order valence-corrected chi connectivity index (χ0v) is 15.1. The highest BCUT2D eigenvalue weighted by Gasteiger charge is 2.23. The van der Waals surface area contributed by atoms with Crippen LogP contribution in [0.2, 0.25) is 0 Å². The number of carbonyl (C=O) groups excluding carboxylic acids is 2. The molecule has 3 aromatic rings. The van der Waals surface area contributed by atoms with Crippen molar-refractivity contribution in [3.8, 4) is 5.69 Å². The van der Waals surface area contributed by atoms with Crippen LogP contribution in [0.15, 0.2) is 55.1 Å². The molecule has 1 aliphatic heterocycles. The van der Waals surface area contributed by atoms with Gasteiger partial charge in [0.1, 0.15) is 0 Å². The van der Waals surface area contributed by atoms with Crippen molar-refractivity contribution in [2.24, 2.45) is 5.73 Å². The van der Waals surface area contributed by atoms with Crippen LogP contribution in [0.3, 0.4) is 0 Å². The number of piperazine rings is 1. The lowest BCUT2D eigenvalue weighted by molar-refractivity contribution is 0.0746. The predicted octanol–water partition coefficient (Wildman–Crippen LogP) is 0.724. The van der Waals surface area contributed by atoms with E-state index in [-0.39, 0.29) is 5.91 Å². The molecule has 0 bridgehead atoms. The Hall–Kier alpha value is -3.75. The fraction of sp³-hybridized carbons (Fsp3) is 0.211. The van der Waals surface area contributed by atoms with E-state index in [0.29, 0.717) is 43.0 Å². The highest BCUT2D eigenvalue weighted by molar-refractivity contribution is 5.94. The quantitative estimate of drug-likeness (QED) is 0.717. The number of nitrogens with zero attached hydrogens (tertiary/aromatic N) is 6. The lowest BCUT2D eigenvalue weighted by Gasteiger charge is -2.36. The van der Waals surface area contributed by atoms with E-state index in [1.807, 2.05) is 17.0 Å². The maximum atomic E-state index is 12.9. The molecule has 0 radical (unpaired) electrons. The predicted molar refractivity (Wildman–Crippen MR) is 102 cm³/mol. The summed E-state index contributed by atoms with van der Waals surface area (Å²) in [5.74, 6) is -0.498. The summed E-state index contributed by atoms with van der Waals surface area (Å²) < 4.78 is 1.57. The summed E-state index contributed by atoms with van der Waals surface area (Å²) in [6, 6.07) is 8.96. The third kappa shape index (κ3) is 3.54. The molecule has 0 atom stereocenters. The average Bonchev–Trinajstić information content (AvgIpc) is 3.28. The molecule has 0 spiro atoms. The molecule has 0 unspecified atom stereocenters. The zero-order chi connectivity index (χ0) is 19.5. The van der Waals surface area contributed by atoms with Crippen molar-refractivity contribution >= 4 is 17.5 Å². The molecule has 2 N–H and O–H groups in total. The topological polar surface area (TPSA) is 110 Å². The van der Waals surface area contributed by atoms with E-state index in [1.165, 1.54) is 0 Å². The van der Waals surface area contributed by atoms with Gasteiger partial charge in [-0.2, -0.15) is 0 Å². The standard InChI is InChI=1S/C19H19N7O2/c20-18(27)14-1-3-16(4-2-14)24-7-9-25(10-8-24)19(28)15-11-17(13-21-12-15)26-6-5-22-23-26/h1-6,11-13H,7-10H2,(H2,20,27). The molecule has 0 aliphatic carbocycles. The van der Waals surface area contributed by atoms with Crippen molar-refractivity contribution < 1.29 is 9.59 Å². The maximum absolute atomic E-state index is 12.9. The maximum Gasteiger partial charge on any atom is 0.255 e. The van der Waals surface area contributed by atoms with Crippen LogP contribution in [0.4, 0.5) is 5.69 Å². The number of amides is 2. The van der Waals surface area contributed by atoms with E-state index in [9.17, 15) is 9.59 Å². The molecule has 2 aromatic heterocycles. The van der Waals surface area contributed by atoms with Crippen molar-refractivity contribution in [2.45, 2.75) is 0 Å². The highest BCUT2D eigenvalue weighted by atomic mass is 16.2. The molecule has 28 heavy (non-hydrogen) atoms. The Morgan fingerprint density at radius 1 is 0.929 bits per heavy atom. The molecule has 1 saturated heterocycles. The number of hydrogen-bond acceptors (Lipinski definition) is 6. The van der Waals surface area contributed by atoms with Crippen LogP contribution in [0.25, 0.3) is 5.69 Å². The van der Waals surface area contributed by atoms with Crippen molar-refractivity contribution in [1.29, 1.82) is 0 Å². The van der Waals surface area contributed by atoms with Gasteiger partial charge in [-0.3, -0.25) is 14.6 Å². The van der Waals surface area contributed by atoms with Crippen molar-refractivity contribution in [3.05, 3.63) is 66.2 Å². The van der Waals surface area contributed by atoms with E-state index in [1.54, 1.807) is 47.7 Å². The van der Waals surface area contributed by atoms with Crippen LogP contribution in [-0.2, 0) is 0 Å². The van der Waals surface area contributed by atoms with E-state index in [0.717, 1.165) is 5.69 Å². The molecule has 9 nitrogen and oxygen atoms in total. The van der Waals surface area contributed by atoms with Crippen molar-refractivity contribution in [1.82, 2.24) is 24.9 Å². The molecule has 1 aliphatic rings. The van der Waals surface area contributed by atoms with Gasteiger partial charge in [0.2, 0.25) is 5.91 Å². The van der Waals surface area contributed by atoms with Crippen LogP contribution >= 0.6 is 0 Å². The molecule has 3 heterocycles. The Balaban J connectivity index is 1.41. The zero-order valence-electron chi connectivity index (χ0n) is 15.1. The summed E-state index contributed by atoms with van der Waals surface area (Å²) in [6.07, 6.45) is 6.48. The van der Waals surface area contributed by atoms with Crippen molar-refractivity contribution in [3.63, 3.8) is 0 Å². The number of pyridine rings is 1. The van der Waals surface area contributed by atoms with E-state index in [4.69, 9.17) is 5.73 Å². The van der Waals surface area contributed by atoms with Gasteiger partial charge in [-0.25, -0.2) is 4.68 Å². The molecule has 4 rings (SSSR count). The first-order valence-corrected chi connectivity index (χ1v) is 8.87. The minimum absolute atomic E-state index is 0.0572. The van der Waals surface area contributed by atoms with Gasteiger partial charge in [-0.05, 0) is 30.3 Å². The first kappa shape index (κ1) is 17.7. The number of primary amides is 1. The van der Waals surface area contributed by atoms with Gasteiger partial charge in [0.15, 0.2) is 0 Å². The second kappa shape index (κ2) is 7.47. The molecule has 2 amide bonds. The average molecular weight is 377 g/mol. The molecule has 142 valence electrons.